The zero-order valence-electron chi connectivity index (χ0n) is 12.6. The highest BCUT2D eigenvalue weighted by Gasteiger charge is 2.30. The van der Waals surface area contributed by atoms with Gasteiger partial charge in [0.05, 0.1) is 24.3 Å². The lowest BCUT2D eigenvalue weighted by Gasteiger charge is -2.38. The minimum absolute atomic E-state index is 0.101. The Morgan fingerprint density at radius 3 is 2.85 bits per heavy atom. The Morgan fingerprint density at radius 1 is 1.40 bits per heavy atom. The molecule has 20 heavy (non-hydrogen) atoms. The fourth-order valence-corrected chi connectivity index (χ4v) is 2.60. The van der Waals surface area contributed by atoms with Crippen molar-refractivity contribution in [3.05, 3.63) is 29.8 Å². The highest BCUT2D eigenvalue weighted by molar-refractivity contribution is 5.99. The topological polar surface area (TPSA) is 41.6 Å². The molecule has 1 aromatic carbocycles. The van der Waals surface area contributed by atoms with E-state index in [9.17, 15) is 4.79 Å². The number of nitrogens with one attached hydrogen (secondary N) is 1. The second-order valence-corrected chi connectivity index (χ2v) is 5.24. The monoisotopic (exact) mass is 276 g/mol. The predicted octanol–water partition coefficient (Wildman–Crippen LogP) is 2.76. The van der Waals surface area contributed by atoms with E-state index in [0.29, 0.717) is 13.2 Å². The van der Waals surface area contributed by atoms with Crippen LogP contribution in [-0.4, -0.2) is 42.6 Å². The van der Waals surface area contributed by atoms with Gasteiger partial charge < -0.3 is 15.0 Å². The first-order valence-electron chi connectivity index (χ1n) is 7.42. The van der Waals surface area contributed by atoms with Gasteiger partial charge in [-0.25, -0.2) is 0 Å². The summed E-state index contributed by atoms with van der Waals surface area (Å²) in [5, 5.41) is 3.26. The van der Waals surface area contributed by atoms with Gasteiger partial charge in [-0.3, -0.25) is 4.79 Å². The van der Waals surface area contributed by atoms with Crippen LogP contribution in [0.25, 0.3) is 0 Å². The quantitative estimate of drug-likeness (QED) is 0.919. The summed E-state index contributed by atoms with van der Waals surface area (Å²) in [4.78, 5) is 14.8. The molecule has 0 bridgehead atoms. The summed E-state index contributed by atoms with van der Waals surface area (Å²) in [6.07, 6.45) is 1.02. The number of benzene rings is 1. The molecular formula is C16H24N2O2. The lowest BCUT2D eigenvalue weighted by molar-refractivity contribution is -0.0443. The Kier molecular flexibility index (Phi) is 5.01. The van der Waals surface area contributed by atoms with E-state index in [-0.39, 0.29) is 18.1 Å². The first-order chi connectivity index (χ1) is 9.67. The van der Waals surface area contributed by atoms with Crippen molar-refractivity contribution in [2.75, 3.05) is 25.0 Å². The van der Waals surface area contributed by atoms with Gasteiger partial charge in [-0.2, -0.15) is 0 Å². The Bertz CT molecular complexity index is 462. The van der Waals surface area contributed by atoms with E-state index >= 15 is 0 Å². The number of carbonyl (C=O) groups excluding carboxylic acids is 1. The van der Waals surface area contributed by atoms with E-state index in [4.69, 9.17) is 4.74 Å². The molecule has 1 amide bonds. The molecule has 4 nitrogen and oxygen atoms in total. The van der Waals surface area contributed by atoms with Gasteiger partial charge in [0.25, 0.3) is 5.91 Å². The zero-order valence-corrected chi connectivity index (χ0v) is 12.6. The summed E-state index contributed by atoms with van der Waals surface area (Å²) >= 11 is 0. The molecular weight excluding hydrogens is 252 g/mol. The van der Waals surface area contributed by atoms with Crippen LogP contribution in [0.1, 0.15) is 37.6 Å². The maximum atomic E-state index is 12.8. The lowest BCUT2D eigenvalue weighted by Crippen LogP contribution is -2.51. The van der Waals surface area contributed by atoms with Crippen LogP contribution in [0.3, 0.4) is 0 Å². The third-order valence-corrected chi connectivity index (χ3v) is 3.72. The summed E-state index contributed by atoms with van der Waals surface area (Å²) in [6, 6.07) is 7.90. The van der Waals surface area contributed by atoms with Crippen molar-refractivity contribution in [1.82, 2.24) is 4.90 Å². The van der Waals surface area contributed by atoms with E-state index in [2.05, 4.69) is 12.2 Å². The number of hydrogen-bond donors (Lipinski definition) is 1. The summed E-state index contributed by atoms with van der Waals surface area (Å²) in [5.74, 6) is 0.101. The van der Waals surface area contributed by atoms with E-state index < -0.39 is 0 Å². The van der Waals surface area contributed by atoms with Crippen LogP contribution in [0.5, 0.6) is 0 Å². The second kappa shape index (κ2) is 6.75. The maximum Gasteiger partial charge on any atom is 0.256 e. The van der Waals surface area contributed by atoms with Gasteiger partial charge in [0.1, 0.15) is 0 Å². The van der Waals surface area contributed by atoms with Crippen LogP contribution in [0.4, 0.5) is 5.69 Å². The molecule has 1 aliphatic heterocycles. The fourth-order valence-electron chi connectivity index (χ4n) is 2.60. The molecule has 1 saturated heterocycles. The molecule has 1 N–H and O–H groups in total. The van der Waals surface area contributed by atoms with Crippen molar-refractivity contribution < 1.29 is 9.53 Å². The molecule has 1 fully saturated rings. The lowest BCUT2D eigenvalue weighted by atomic mass is 10.1. The first kappa shape index (κ1) is 14.9. The Hall–Kier alpha value is -1.55. The molecule has 0 radical (unpaired) electrons. The average Bonchev–Trinajstić information content (AvgIpc) is 2.47. The summed E-state index contributed by atoms with van der Waals surface area (Å²) < 4.78 is 5.67. The SMILES string of the molecule is CCNc1ccccc1C(=O)N1CC(C)OCC1CC. The standard InChI is InChI=1S/C16H24N2O2/c1-4-13-11-20-12(3)10-18(13)16(19)14-8-6-7-9-15(14)17-5-2/h6-9,12-13,17H,4-5,10-11H2,1-3H3. The molecule has 4 heteroatoms. The number of rotatable bonds is 4. The number of carbonyl (C=O) groups is 1. The van der Waals surface area contributed by atoms with Crippen molar-refractivity contribution >= 4 is 11.6 Å². The minimum atomic E-state index is 0.101. The Balaban J connectivity index is 2.24. The van der Waals surface area contributed by atoms with Crippen LogP contribution in [0.2, 0.25) is 0 Å². The van der Waals surface area contributed by atoms with E-state index in [0.717, 1.165) is 24.2 Å². The van der Waals surface area contributed by atoms with Crippen molar-refractivity contribution in [2.24, 2.45) is 0 Å². The number of para-hydroxylation sites is 1. The van der Waals surface area contributed by atoms with E-state index in [1.807, 2.05) is 43.0 Å². The van der Waals surface area contributed by atoms with Gasteiger partial charge >= 0.3 is 0 Å². The smallest absolute Gasteiger partial charge is 0.256 e. The van der Waals surface area contributed by atoms with Gasteiger partial charge in [0.2, 0.25) is 0 Å². The molecule has 0 aromatic heterocycles. The van der Waals surface area contributed by atoms with E-state index in [1.54, 1.807) is 0 Å². The van der Waals surface area contributed by atoms with Crippen LogP contribution in [0, 0.1) is 0 Å². The maximum absolute atomic E-state index is 12.8. The first-order valence-corrected chi connectivity index (χ1v) is 7.42. The van der Waals surface area contributed by atoms with Crippen molar-refractivity contribution in [1.29, 1.82) is 0 Å². The molecule has 1 aliphatic rings. The minimum Gasteiger partial charge on any atom is -0.385 e. The van der Waals surface area contributed by atoms with Gasteiger partial charge in [-0.15, -0.1) is 0 Å². The molecule has 1 heterocycles. The zero-order chi connectivity index (χ0) is 14.5. The largest absolute Gasteiger partial charge is 0.385 e. The predicted molar refractivity (Wildman–Crippen MR) is 81.1 cm³/mol. The number of amides is 1. The number of hydrogen-bond acceptors (Lipinski definition) is 3. The molecule has 2 unspecified atom stereocenters. The van der Waals surface area contributed by atoms with Crippen molar-refractivity contribution in [3.8, 4) is 0 Å². The normalized spacial score (nSPS) is 22.6. The molecule has 2 rings (SSSR count). The molecule has 0 aliphatic carbocycles. The number of anilines is 1. The van der Waals surface area contributed by atoms with Gasteiger partial charge in [-0.05, 0) is 32.4 Å². The van der Waals surface area contributed by atoms with Crippen LogP contribution >= 0.6 is 0 Å². The summed E-state index contributed by atoms with van der Waals surface area (Å²) in [6.45, 7) is 8.25. The third-order valence-electron chi connectivity index (χ3n) is 3.72. The van der Waals surface area contributed by atoms with Crippen LogP contribution in [-0.2, 0) is 4.74 Å². The fraction of sp³-hybridized carbons (Fsp3) is 0.562. The molecule has 2 atom stereocenters. The van der Waals surface area contributed by atoms with Crippen molar-refractivity contribution in [3.63, 3.8) is 0 Å². The molecule has 1 aromatic rings. The highest BCUT2D eigenvalue weighted by atomic mass is 16.5. The highest BCUT2D eigenvalue weighted by Crippen LogP contribution is 2.22. The summed E-state index contributed by atoms with van der Waals surface area (Å²) in [5.41, 5.74) is 1.66. The second-order valence-electron chi connectivity index (χ2n) is 5.24. The molecule has 0 spiro atoms. The Morgan fingerprint density at radius 2 is 2.15 bits per heavy atom. The van der Waals surface area contributed by atoms with Crippen LogP contribution < -0.4 is 5.32 Å². The van der Waals surface area contributed by atoms with E-state index in [1.165, 1.54) is 0 Å². The summed E-state index contributed by atoms with van der Waals surface area (Å²) in [7, 11) is 0. The number of morpholine rings is 1. The molecule has 110 valence electrons. The van der Waals surface area contributed by atoms with Gasteiger partial charge in [0, 0.05) is 18.8 Å². The van der Waals surface area contributed by atoms with Crippen molar-refractivity contribution in [2.45, 2.75) is 39.3 Å². The van der Waals surface area contributed by atoms with Gasteiger partial charge in [0.15, 0.2) is 0 Å². The third kappa shape index (κ3) is 3.12. The van der Waals surface area contributed by atoms with Gasteiger partial charge in [-0.1, -0.05) is 19.1 Å². The van der Waals surface area contributed by atoms with Crippen LogP contribution in [0.15, 0.2) is 24.3 Å². The Labute approximate surface area is 121 Å². The number of ether oxygens (including phenoxy) is 1. The number of nitrogens with zero attached hydrogens (tertiary/aromatic N) is 1. The molecule has 0 saturated carbocycles. The average molecular weight is 276 g/mol.